The molecule has 0 aliphatic heterocycles. The molecule has 31 heavy (non-hydrogen) atoms. The lowest BCUT2D eigenvalue weighted by Crippen LogP contribution is -2.29. The van der Waals surface area contributed by atoms with Gasteiger partial charge in [0.15, 0.2) is 0 Å². The van der Waals surface area contributed by atoms with Crippen molar-refractivity contribution in [2.45, 2.75) is 52.6 Å². The molecule has 3 rings (SSSR count). The molecule has 0 amide bonds. The largest absolute Gasteiger partial charge is 0.489 e. The summed E-state index contributed by atoms with van der Waals surface area (Å²) in [7, 11) is 0. The van der Waals surface area contributed by atoms with Crippen molar-refractivity contribution in [3.63, 3.8) is 0 Å². The van der Waals surface area contributed by atoms with E-state index in [1.54, 1.807) is 24.4 Å². The van der Waals surface area contributed by atoms with Gasteiger partial charge in [-0.25, -0.2) is 4.98 Å². The maximum absolute atomic E-state index is 13.3. The highest BCUT2D eigenvalue weighted by molar-refractivity contribution is 9.10. The number of fused-ring (bicyclic) bond motifs is 1. The van der Waals surface area contributed by atoms with Gasteiger partial charge in [0.05, 0.1) is 27.7 Å². The van der Waals surface area contributed by atoms with E-state index in [0.29, 0.717) is 33.1 Å². The number of halogens is 3. The maximum atomic E-state index is 13.3. The van der Waals surface area contributed by atoms with Gasteiger partial charge in [-0.05, 0) is 59.6 Å². The molecule has 0 saturated carbocycles. The minimum atomic E-state index is -0.400. The van der Waals surface area contributed by atoms with Gasteiger partial charge in [-0.2, -0.15) is 9.78 Å². The molecule has 0 radical (unpaired) electrons. The zero-order valence-electron chi connectivity index (χ0n) is 18.0. The van der Waals surface area contributed by atoms with Crippen molar-refractivity contribution >= 4 is 60.6 Å². The van der Waals surface area contributed by atoms with Crippen LogP contribution < -0.4 is 10.3 Å². The molecule has 8 heteroatoms. The molecule has 164 valence electrons. The molecule has 3 aromatic rings. The normalized spacial score (nSPS) is 13.2. The van der Waals surface area contributed by atoms with Crippen molar-refractivity contribution < 1.29 is 4.74 Å². The van der Waals surface area contributed by atoms with Gasteiger partial charge in [0.2, 0.25) is 0 Å². The standard InChI is InChI=1S/C23H24Br2ClN3O2/c1-6-13(2)31-20-14(9-16(26)11-18(20)25)12-27-29-21(30)17-10-15(24)7-8-19(17)28-22(29)23(3,4)5/h7-13H,6H2,1-5H3/t13-/m1/s1. The smallest absolute Gasteiger partial charge is 0.282 e. The number of benzene rings is 2. The highest BCUT2D eigenvalue weighted by atomic mass is 79.9. The Bertz CT molecular complexity index is 1220. The van der Waals surface area contributed by atoms with Crippen molar-refractivity contribution in [2.24, 2.45) is 5.10 Å². The summed E-state index contributed by atoms with van der Waals surface area (Å²) in [5.74, 6) is 1.19. The van der Waals surface area contributed by atoms with Crippen molar-refractivity contribution in [1.29, 1.82) is 0 Å². The van der Waals surface area contributed by atoms with E-state index in [9.17, 15) is 4.79 Å². The van der Waals surface area contributed by atoms with Crippen molar-refractivity contribution in [2.75, 3.05) is 0 Å². The first kappa shape index (κ1) is 24.0. The third-order valence-corrected chi connectivity index (χ3v) is 6.02. The summed E-state index contributed by atoms with van der Waals surface area (Å²) < 4.78 is 8.97. The fourth-order valence-corrected chi connectivity index (χ4v) is 4.23. The third kappa shape index (κ3) is 5.38. The van der Waals surface area contributed by atoms with Crippen LogP contribution in [0.3, 0.4) is 0 Å². The van der Waals surface area contributed by atoms with Gasteiger partial charge >= 0.3 is 0 Å². The quantitative estimate of drug-likeness (QED) is 0.313. The minimum absolute atomic E-state index is 0.0113. The molecule has 0 N–H and O–H groups in total. The lowest BCUT2D eigenvalue weighted by Gasteiger charge is -2.21. The Hall–Kier alpha value is -1.70. The van der Waals surface area contributed by atoms with E-state index in [1.165, 1.54) is 4.68 Å². The summed E-state index contributed by atoms with van der Waals surface area (Å²) >= 11 is 13.2. The van der Waals surface area contributed by atoms with Crippen LogP contribution in [-0.4, -0.2) is 22.0 Å². The van der Waals surface area contributed by atoms with E-state index in [-0.39, 0.29) is 11.7 Å². The Balaban J connectivity index is 2.22. The Morgan fingerprint density at radius 2 is 1.97 bits per heavy atom. The number of ether oxygens (including phenoxy) is 1. The summed E-state index contributed by atoms with van der Waals surface area (Å²) in [6.45, 7) is 10.0. The zero-order valence-corrected chi connectivity index (χ0v) is 22.0. The zero-order chi connectivity index (χ0) is 22.9. The monoisotopic (exact) mass is 567 g/mol. The first-order valence-electron chi connectivity index (χ1n) is 9.94. The molecule has 0 unspecified atom stereocenters. The van der Waals surface area contributed by atoms with Crippen LogP contribution in [0.5, 0.6) is 5.75 Å². The second-order valence-corrected chi connectivity index (χ2v) is 10.6. The van der Waals surface area contributed by atoms with Crippen LogP contribution in [0.15, 0.2) is 49.2 Å². The highest BCUT2D eigenvalue weighted by Gasteiger charge is 2.23. The lowest BCUT2D eigenvalue weighted by molar-refractivity contribution is 0.215. The van der Waals surface area contributed by atoms with Gasteiger partial charge in [-0.1, -0.05) is 55.2 Å². The first-order chi connectivity index (χ1) is 14.5. The fraction of sp³-hybridized carbons (Fsp3) is 0.348. The third-order valence-electron chi connectivity index (χ3n) is 4.72. The maximum Gasteiger partial charge on any atom is 0.282 e. The van der Waals surface area contributed by atoms with Crippen LogP contribution in [-0.2, 0) is 5.41 Å². The average Bonchev–Trinajstić information content (AvgIpc) is 2.68. The predicted molar refractivity (Wildman–Crippen MR) is 135 cm³/mol. The lowest BCUT2D eigenvalue weighted by atomic mass is 9.95. The van der Waals surface area contributed by atoms with Gasteiger partial charge in [-0.3, -0.25) is 4.79 Å². The van der Waals surface area contributed by atoms with E-state index in [2.05, 4.69) is 43.9 Å². The molecular weight excluding hydrogens is 546 g/mol. The fourth-order valence-electron chi connectivity index (χ4n) is 2.95. The number of nitrogens with zero attached hydrogens (tertiary/aromatic N) is 3. The number of hydrogen-bond acceptors (Lipinski definition) is 4. The number of hydrogen-bond donors (Lipinski definition) is 0. The predicted octanol–water partition coefficient (Wildman–Crippen LogP) is 6.93. The second kappa shape index (κ2) is 9.43. The molecule has 0 saturated heterocycles. The van der Waals surface area contributed by atoms with E-state index in [4.69, 9.17) is 21.3 Å². The van der Waals surface area contributed by atoms with Crippen molar-refractivity contribution in [3.05, 3.63) is 66.0 Å². The van der Waals surface area contributed by atoms with E-state index < -0.39 is 5.41 Å². The van der Waals surface area contributed by atoms with Gasteiger partial charge in [0, 0.05) is 20.5 Å². The van der Waals surface area contributed by atoms with Crippen LogP contribution in [0, 0.1) is 0 Å². The van der Waals surface area contributed by atoms with Crippen LogP contribution >= 0.6 is 43.5 Å². The molecule has 5 nitrogen and oxygen atoms in total. The molecule has 1 heterocycles. The Kier molecular flexibility index (Phi) is 7.28. The van der Waals surface area contributed by atoms with Crippen molar-refractivity contribution in [1.82, 2.24) is 9.66 Å². The summed E-state index contributed by atoms with van der Waals surface area (Å²) in [6, 6.07) is 9.00. The van der Waals surface area contributed by atoms with Gasteiger partial charge < -0.3 is 4.74 Å². The van der Waals surface area contributed by atoms with Crippen LogP contribution in [0.2, 0.25) is 5.02 Å². The molecule has 0 aliphatic rings. The van der Waals surface area contributed by atoms with Crippen LogP contribution in [0.1, 0.15) is 52.4 Å². The average molecular weight is 570 g/mol. The summed E-state index contributed by atoms with van der Waals surface area (Å²) in [4.78, 5) is 18.1. The Morgan fingerprint density at radius 3 is 2.61 bits per heavy atom. The Labute approximate surface area is 203 Å². The van der Waals surface area contributed by atoms with Gasteiger partial charge in [-0.15, -0.1) is 0 Å². The summed E-state index contributed by atoms with van der Waals surface area (Å²) in [5.41, 5.74) is 0.664. The number of aromatic nitrogens is 2. The molecule has 1 aromatic heterocycles. The molecule has 1 atom stereocenters. The van der Waals surface area contributed by atoms with E-state index >= 15 is 0 Å². The van der Waals surface area contributed by atoms with Crippen molar-refractivity contribution in [3.8, 4) is 5.75 Å². The second-order valence-electron chi connectivity index (χ2n) is 8.35. The first-order valence-corrected chi connectivity index (χ1v) is 11.9. The van der Waals surface area contributed by atoms with Crippen LogP contribution in [0.4, 0.5) is 0 Å². The summed E-state index contributed by atoms with van der Waals surface area (Å²) in [6.07, 6.45) is 2.45. The Morgan fingerprint density at radius 1 is 1.26 bits per heavy atom. The van der Waals surface area contributed by atoms with Gasteiger partial charge in [0.1, 0.15) is 11.6 Å². The topological polar surface area (TPSA) is 56.5 Å². The van der Waals surface area contributed by atoms with E-state index in [0.717, 1.165) is 15.4 Å². The summed E-state index contributed by atoms with van der Waals surface area (Å²) in [5, 5.41) is 5.56. The number of rotatable bonds is 5. The van der Waals surface area contributed by atoms with Crippen LogP contribution in [0.25, 0.3) is 10.9 Å². The highest BCUT2D eigenvalue weighted by Crippen LogP contribution is 2.33. The van der Waals surface area contributed by atoms with E-state index in [1.807, 2.05) is 39.8 Å². The molecule has 2 aromatic carbocycles. The molecule has 0 spiro atoms. The molecule has 0 fully saturated rings. The molecule has 0 aliphatic carbocycles. The minimum Gasteiger partial charge on any atom is -0.489 e. The molecular formula is C23H24Br2ClN3O2. The molecule has 0 bridgehead atoms. The SMILES string of the molecule is CC[C@@H](C)Oc1c(Br)cc(Cl)cc1C=Nn1c(C(C)(C)C)nc2ccc(Br)cc2c1=O. The van der Waals surface area contributed by atoms with Gasteiger partial charge in [0.25, 0.3) is 5.56 Å².